The minimum absolute atomic E-state index is 0.0244. The average Bonchev–Trinajstić information content (AvgIpc) is 2.55. The van der Waals surface area contributed by atoms with Gasteiger partial charge in [-0.15, -0.1) is 11.8 Å². The van der Waals surface area contributed by atoms with Crippen LogP contribution >= 0.6 is 46.6 Å². The third kappa shape index (κ3) is 5.27. The first kappa shape index (κ1) is 18.9. The number of amides is 2. The first-order valence-electron chi connectivity index (χ1n) is 6.49. The summed E-state index contributed by atoms with van der Waals surface area (Å²) in [6, 6.07) is 8.98. The molecule has 2 amide bonds. The second kappa shape index (κ2) is 8.58. The summed E-state index contributed by atoms with van der Waals surface area (Å²) in [4.78, 5) is 24.5. The Kier molecular flexibility index (Phi) is 6.74. The van der Waals surface area contributed by atoms with Gasteiger partial charge in [0, 0.05) is 9.92 Å². The van der Waals surface area contributed by atoms with Crippen LogP contribution in [0.3, 0.4) is 0 Å². The lowest BCUT2D eigenvalue weighted by Gasteiger charge is -2.09. The molecule has 126 valence electrons. The van der Waals surface area contributed by atoms with E-state index in [4.69, 9.17) is 34.8 Å². The van der Waals surface area contributed by atoms with Crippen molar-refractivity contribution < 1.29 is 14.0 Å². The molecule has 2 aromatic rings. The highest BCUT2D eigenvalue weighted by Gasteiger charge is 2.15. The molecule has 0 atom stereocenters. The molecule has 2 N–H and O–H groups in total. The maximum atomic E-state index is 13.4. The maximum Gasteiger partial charge on any atom is 0.271 e. The van der Waals surface area contributed by atoms with Crippen molar-refractivity contribution in [1.82, 2.24) is 10.9 Å². The van der Waals surface area contributed by atoms with Crippen LogP contribution in [-0.2, 0) is 4.79 Å². The second-order valence-electron chi connectivity index (χ2n) is 4.49. The topological polar surface area (TPSA) is 58.2 Å². The minimum atomic E-state index is -0.782. The van der Waals surface area contributed by atoms with E-state index in [0.29, 0.717) is 5.02 Å². The second-order valence-corrected chi connectivity index (χ2v) is 6.79. The normalized spacial score (nSPS) is 10.3. The molecule has 0 bridgehead atoms. The van der Waals surface area contributed by atoms with E-state index in [2.05, 4.69) is 10.9 Å². The van der Waals surface area contributed by atoms with E-state index < -0.39 is 17.6 Å². The number of hydrogen-bond donors (Lipinski definition) is 2. The Bertz CT molecular complexity index is 772. The molecular formula is C15H10Cl3FN2O2S. The van der Waals surface area contributed by atoms with Gasteiger partial charge in [-0.2, -0.15) is 0 Å². The summed E-state index contributed by atoms with van der Waals surface area (Å²) in [6.45, 7) is 0. The summed E-state index contributed by atoms with van der Waals surface area (Å²) >= 11 is 18.4. The summed E-state index contributed by atoms with van der Waals surface area (Å²) in [7, 11) is 0. The van der Waals surface area contributed by atoms with Gasteiger partial charge in [0.15, 0.2) is 0 Å². The van der Waals surface area contributed by atoms with E-state index in [1.165, 1.54) is 11.8 Å². The van der Waals surface area contributed by atoms with E-state index >= 15 is 0 Å². The Hall–Kier alpha value is -1.47. The van der Waals surface area contributed by atoms with Crippen LogP contribution in [0.25, 0.3) is 0 Å². The van der Waals surface area contributed by atoms with Gasteiger partial charge in [0.25, 0.3) is 5.91 Å². The largest absolute Gasteiger partial charge is 0.272 e. The van der Waals surface area contributed by atoms with Gasteiger partial charge in [-0.3, -0.25) is 20.4 Å². The van der Waals surface area contributed by atoms with E-state index in [0.717, 1.165) is 17.0 Å². The molecule has 0 aromatic heterocycles. The number of halogens is 4. The highest BCUT2D eigenvalue weighted by molar-refractivity contribution is 8.00. The highest BCUT2D eigenvalue weighted by Crippen LogP contribution is 2.24. The van der Waals surface area contributed by atoms with Crippen LogP contribution in [0.5, 0.6) is 0 Å². The van der Waals surface area contributed by atoms with Crippen molar-refractivity contribution in [3.05, 3.63) is 62.8 Å². The zero-order valence-electron chi connectivity index (χ0n) is 11.9. The third-order valence-corrected chi connectivity index (χ3v) is 4.62. The quantitative estimate of drug-likeness (QED) is 0.450. The fourth-order valence-electron chi connectivity index (χ4n) is 1.61. The summed E-state index contributed by atoms with van der Waals surface area (Å²) in [6.07, 6.45) is 0. The predicted molar refractivity (Wildman–Crippen MR) is 94.2 cm³/mol. The molecule has 0 saturated carbocycles. The predicted octanol–water partition coefficient (Wildman–Crippen LogP) is 4.34. The summed E-state index contributed by atoms with van der Waals surface area (Å²) < 4.78 is 13.4. The Morgan fingerprint density at radius 2 is 1.67 bits per heavy atom. The fourth-order valence-corrected chi connectivity index (χ4v) is 2.90. The number of carbonyl (C=O) groups is 2. The number of hydrogen-bond acceptors (Lipinski definition) is 3. The van der Waals surface area contributed by atoms with Gasteiger partial charge in [-0.25, -0.2) is 4.39 Å². The van der Waals surface area contributed by atoms with Crippen molar-refractivity contribution >= 4 is 58.4 Å². The number of carbonyl (C=O) groups excluding carboxylic acids is 2. The van der Waals surface area contributed by atoms with E-state index in [1.54, 1.807) is 24.3 Å². The van der Waals surface area contributed by atoms with Crippen LogP contribution in [0.15, 0.2) is 41.3 Å². The maximum absolute atomic E-state index is 13.4. The van der Waals surface area contributed by atoms with Gasteiger partial charge in [0.05, 0.1) is 21.4 Å². The molecule has 0 heterocycles. The average molecular weight is 408 g/mol. The minimum Gasteiger partial charge on any atom is -0.272 e. The van der Waals surface area contributed by atoms with Crippen LogP contribution in [0.2, 0.25) is 15.1 Å². The van der Waals surface area contributed by atoms with Gasteiger partial charge in [0.2, 0.25) is 5.91 Å². The molecule has 0 spiro atoms. The molecule has 0 fully saturated rings. The lowest BCUT2D eigenvalue weighted by Crippen LogP contribution is -2.42. The molecule has 4 nitrogen and oxygen atoms in total. The molecule has 0 aliphatic heterocycles. The SMILES string of the molecule is O=C(CSc1ccc(Cl)cc1)NNC(=O)c1cc(F)c(Cl)cc1Cl. The Morgan fingerprint density at radius 1 is 1.00 bits per heavy atom. The molecule has 24 heavy (non-hydrogen) atoms. The van der Waals surface area contributed by atoms with Crippen LogP contribution in [0.4, 0.5) is 4.39 Å². The Morgan fingerprint density at radius 3 is 2.33 bits per heavy atom. The smallest absolute Gasteiger partial charge is 0.271 e. The molecular weight excluding hydrogens is 398 g/mol. The molecule has 0 unspecified atom stereocenters. The van der Waals surface area contributed by atoms with Gasteiger partial charge in [-0.1, -0.05) is 34.8 Å². The standard InChI is InChI=1S/C15H10Cl3FN2O2S/c16-8-1-3-9(4-2-8)24-7-14(22)20-21-15(23)10-5-13(19)12(18)6-11(10)17/h1-6H,7H2,(H,20,22)(H,21,23). The molecule has 9 heteroatoms. The van der Waals surface area contributed by atoms with Crippen molar-refractivity contribution in [3.63, 3.8) is 0 Å². The zero-order chi connectivity index (χ0) is 17.7. The number of benzene rings is 2. The van der Waals surface area contributed by atoms with Gasteiger partial charge in [0.1, 0.15) is 5.82 Å². The van der Waals surface area contributed by atoms with E-state index in [1.807, 2.05) is 0 Å². The van der Waals surface area contributed by atoms with Crippen molar-refractivity contribution in [2.45, 2.75) is 4.90 Å². The van der Waals surface area contributed by atoms with E-state index in [9.17, 15) is 14.0 Å². The summed E-state index contributed by atoms with van der Waals surface area (Å²) in [5.41, 5.74) is 4.25. The Labute approximate surface area is 156 Å². The number of rotatable bonds is 4. The molecule has 0 saturated heterocycles. The van der Waals surface area contributed by atoms with Gasteiger partial charge >= 0.3 is 0 Å². The van der Waals surface area contributed by atoms with Crippen LogP contribution < -0.4 is 10.9 Å². The van der Waals surface area contributed by atoms with Crippen molar-refractivity contribution in [3.8, 4) is 0 Å². The lowest BCUT2D eigenvalue weighted by atomic mass is 10.2. The van der Waals surface area contributed by atoms with Crippen molar-refractivity contribution in [2.75, 3.05) is 5.75 Å². The molecule has 0 aliphatic carbocycles. The third-order valence-electron chi connectivity index (χ3n) is 2.75. The van der Waals surface area contributed by atoms with Gasteiger partial charge in [-0.05, 0) is 36.4 Å². The lowest BCUT2D eigenvalue weighted by molar-refractivity contribution is -0.119. The molecule has 0 aliphatic rings. The number of nitrogens with one attached hydrogen (secondary N) is 2. The molecule has 2 aromatic carbocycles. The fraction of sp³-hybridized carbons (Fsp3) is 0.0667. The van der Waals surface area contributed by atoms with Crippen LogP contribution in [0.1, 0.15) is 10.4 Å². The molecule has 0 radical (unpaired) electrons. The molecule has 2 rings (SSSR count). The highest BCUT2D eigenvalue weighted by atomic mass is 35.5. The number of hydrazine groups is 1. The summed E-state index contributed by atoms with van der Waals surface area (Å²) in [5.74, 6) is -1.89. The van der Waals surface area contributed by atoms with Gasteiger partial charge < -0.3 is 0 Å². The first-order chi connectivity index (χ1) is 11.4. The Balaban J connectivity index is 1.86. The van der Waals surface area contributed by atoms with Crippen LogP contribution in [0, 0.1) is 5.82 Å². The summed E-state index contributed by atoms with van der Waals surface area (Å²) in [5, 5.41) is 0.381. The van der Waals surface area contributed by atoms with E-state index in [-0.39, 0.29) is 21.4 Å². The zero-order valence-corrected chi connectivity index (χ0v) is 15.0. The van der Waals surface area contributed by atoms with Crippen molar-refractivity contribution in [1.29, 1.82) is 0 Å². The first-order valence-corrected chi connectivity index (χ1v) is 8.61. The van der Waals surface area contributed by atoms with Crippen LogP contribution in [-0.4, -0.2) is 17.6 Å². The van der Waals surface area contributed by atoms with Crippen molar-refractivity contribution in [2.24, 2.45) is 0 Å². The monoisotopic (exact) mass is 406 g/mol. The number of thioether (sulfide) groups is 1.